The van der Waals surface area contributed by atoms with E-state index in [2.05, 4.69) is 10.3 Å². The molecule has 0 spiro atoms. The van der Waals surface area contributed by atoms with Gasteiger partial charge in [-0.3, -0.25) is 4.98 Å². The quantitative estimate of drug-likeness (QED) is 0.881. The molecule has 0 aromatic carbocycles. The molecule has 0 saturated heterocycles. The van der Waals surface area contributed by atoms with Crippen LogP contribution in [-0.4, -0.2) is 48.9 Å². The van der Waals surface area contributed by atoms with Crippen molar-refractivity contribution < 1.29 is 13.2 Å². The molecule has 0 aliphatic heterocycles. The van der Waals surface area contributed by atoms with Crippen molar-refractivity contribution in [3.8, 4) is 0 Å². The average molecular weight is 299 g/mol. The number of amides is 2. The maximum Gasteiger partial charge on any atom is 0.317 e. The van der Waals surface area contributed by atoms with Gasteiger partial charge >= 0.3 is 6.03 Å². The first-order valence-corrected chi connectivity index (χ1v) is 8.27. The molecule has 112 valence electrons. The number of sulfone groups is 1. The maximum absolute atomic E-state index is 12.0. The average Bonchev–Trinajstić information content (AvgIpc) is 2.42. The summed E-state index contributed by atoms with van der Waals surface area (Å²) < 4.78 is 23.0. The van der Waals surface area contributed by atoms with Gasteiger partial charge in [0.2, 0.25) is 0 Å². The van der Waals surface area contributed by atoms with E-state index in [9.17, 15) is 13.2 Å². The zero-order chi connectivity index (χ0) is 15.3. The lowest BCUT2D eigenvalue weighted by atomic mass is 10.2. The van der Waals surface area contributed by atoms with E-state index in [4.69, 9.17) is 0 Å². The number of hydrogen-bond acceptors (Lipinski definition) is 4. The highest BCUT2D eigenvalue weighted by Gasteiger charge is 2.27. The summed E-state index contributed by atoms with van der Waals surface area (Å²) >= 11 is 0. The number of pyridine rings is 1. The lowest BCUT2D eigenvalue weighted by Crippen LogP contribution is -2.48. The molecule has 7 heteroatoms. The number of urea groups is 1. The molecule has 20 heavy (non-hydrogen) atoms. The van der Waals surface area contributed by atoms with E-state index in [1.807, 2.05) is 6.07 Å². The third-order valence-corrected chi connectivity index (χ3v) is 5.20. The van der Waals surface area contributed by atoms with Gasteiger partial charge in [0.1, 0.15) is 0 Å². The van der Waals surface area contributed by atoms with Crippen molar-refractivity contribution in [2.45, 2.75) is 31.7 Å². The predicted molar refractivity (Wildman–Crippen MR) is 78.0 cm³/mol. The first kappa shape index (κ1) is 16.4. The minimum Gasteiger partial charge on any atom is -0.334 e. The molecule has 1 rings (SSSR count). The lowest BCUT2D eigenvalue weighted by Gasteiger charge is -2.29. The van der Waals surface area contributed by atoms with Crippen LogP contribution in [0.1, 0.15) is 19.4 Å². The van der Waals surface area contributed by atoms with E-state index in [1.165, 1.54) is 11.2 Å². The van der Waals surface area contributed by atoms with E-state index in [-0.39, 0.29) is 6.03 Å². The van der Waals surface area contributed by atoms with Crippen LogP contribution < -0.4 is 5.32 Å². The van der Waals surface area contributed by atoms with Crippen molar-refractivity contribution in [2.75, 3.05) is 13.3 Å². The summed E-state index contributed by atoms with van der Waals surface area (Å²) in [6, 6.07) is 2.94. The molecular weight excluding hydrogens is 278 g/mol. The van der Waals surface area contributed by atoms with Crippen LogP contribution in [0.25, 0.3) is 0 Å². The Balaban J connectivity index is 2.59. The Morgan fingerprint density at radius 2 is 2.10 bits per heavy atom. The molecule has 0 fully saturated rings. The smallest absolute Gasteiger partial charge is 0.317 e. The second kappa shape index (κ2) is 6.69. The van der Waals surface area contributed by atoms with Gasteiger partial charge in [-0.25, -0.2) is 13.2 Å². The Morgan fingerprint density at radius 3 is 2.60 bits per heavy atom. The number of carbonyl (C=O) groups excluding carboxylic acids is 1. The summed E-state index contributed by atoms with van der Waals surface area (Å²) in [6.07, 6.45) is 4.51. The van der Waals surface area contributed by atoms with Crippen molar-refractivity contribution in [1.29, 1.82) is 0 Å². The minimum atomic E-state index is -3.18. The van der Waals surface area contributed by atoms with Crippen molar-refractivity contribution in [2.24, 2.45) is 0 Å². The molecule has 0 saturated carbocycles. The van der Waals surface area contributed by atoms with Crippen LogP contribution in [0, 0.1) is 0 Å². The Morgan fingerprint density at radius 1 is 1.45 bits per heavy atom. The van der Waals surface area contributed by atoms with E-state index in [1.54, 1.807) is 39.4 Å². The van der Waals surface area contributed by atoms with Crippen LogP contribution in [0.2, 0.25) is 0 Å². The van der Waals surface area contributed by atoms with Crippen molar-refractivity contribution in [3.05, 3.63) is 30.1 Å². The van der Waals surface area contributed by atoms with Gasteiger partial charge in [0.15, 0.2) is 9.84 Å². The van der Waals surface area contributed by atoms with Gasteiger partial charge in [0.25, 0.3) is 0 Å². The molecule has 0 bridgehead atoms. The van der Waals surface area contributed by atoms with Crippen LogP contribution in [-0.2, 0) is 16.4 Å². The Bertz CT molecular complexity index is 545. The molecule has 0 aliphatic rings. The van der Waals surface area contributed by atoms with Gasteiger partial charge < -0.3 is 10.2 Å². The molecule has 2 amide bonds. The molecule has 0 aliphatic carbocycles. The number of aromatic nitrogens is 1. The van der Waals surface area contributed by atoms with E-state index in [0.29, 0.717) is 6.54 Å². The highest BCUT2D eigenvalue weighted by atomic mass is 32.2. The normalized spacial score (nSPS) is 14.4. The second-order valence-corrected chi connectivity index (χ2v) is 7.31. The third-order valence-electron chi connectivity index (χ3n) is 3.45. The fourth-order valence-corrected chi connectivity index (χ4v) is 2.56. The molecule has 6 nitrogen and oxygen atoms in total. The van der Waals surface area contributed by atoms with Gasteiger partial charge in [-0.1, -0.05) is 6.07 Å². The van der Waals surface area contributed by atoms with Gasteiger partial charge in [0, 0.05) is 38.3 Å². The molecular formula is C13H21N3O3S. The van der Waals surface area contributed by atoms with Crippen molar-refractivity contribution >= 4 is 15.9 Å². The number of hydrogen-bond donors (Lipinski definition) is 1. The molecule has 1 aromatic rings. The van der Waals surface area contributed by atoms with E-state index < -0.39 is 21.1 Å². The SMILES string of the molecule is C[C@H]([C@@H](C)S(C)(=O)=O)N(C)C(=O)NCc1cccnc1. The minimum absolute atomic E-state index is 0.308. The molecule has 1 N–H and O–H groups in total. The highest BCUT2D eigenvalue weighted by Crippen LogP contribution is 2.10. The molecule has 0 unspecified atom stereocenters. The zero-order valence-electron chi connectivity index (χ0n) is 12.2. The molecule has 1 heterocycles. The number of nitrogens with one attached hydrogen (secondary N) is 1. The van der Waals surface area contributed by atoms with Crippen molar-refractivity contribution in [1.82, 2.24) is 15.2 Å². The summed E-state index contributed by atoms with van der Waals surface area (Å²) in [6.45, 7) is 3.68. The van der Waals surface area contributed by atoms with Crippen LogP contribution in [0.3, 0.4) is 0 Å². The number of rotatable bonds is 5. The van der Waals surface area contributed by atoms with Gasteiger partial charge in [-0.2, -0.15) is 0 Å². The van der Waals surface area contributed by atoms with Gasteiger partial charge in [-0.05, 0) is 25.5 Å². The number of nitrogens with zero attached hydrogens (tertiary/aromatic N) is 2. The molecule has 1 aromatic heterocycles. The highest BCUT2D eigenvalue weighted by molar-refractivity contribution is 7.91. The Kier molecular flexibility index (Phi) is 5.50. The summed E-state index contributed by atoms with van der Waals surface area (Å²) in [5.41, 5.74) is 0.887. The summed E-state index contributed by atoms with van der Waals surface area (Å²) in [4.78, 5) is 17.4. The standard InChI is InChI=1S/C13H21N3O3S/c1-10(11(2)20(4,18)19)16(3)13(17)15-9-12-6-5-7-14-8-12/h5-8,10-11H,9H2,1-4H3,(H,15,17)/t10-,11-/m1/s1. The summed E-state index contributed by atoms with van der Waals surface area (Å²) in [5, 5.41) is 2.12. The lowest BCUT2D eigenvalue weighted by molar-refractivity contribution is 0.193. The van der Waals surface area contributed by atoms with E-state index >= 15 is 0 Å². The monoisotopic (exact) mass is 299 g/mol. The van der Waals surface area contributed by atoms with Gasteiger partial charge in [-0.15, -0.1) is 0 Å². The first-order chi connectivity index (χ1) is 9.23. The molecule has 0 radical (unpaired) electrons. The predicted octanol–water partition coefficient (Wildman–Crippen LogP) is 1.04. The Labute approximate surface area is 120 Å². The first-order valence-electron chi connectivity index (χ1n) is 6.32. The maximum atomic E-state index is 12.0. The van der Waals surface area contributed by atoms with Crippen molar-refractivity contribution in [3.63, 3.8) is 0 Å². The van der Waals surface area contributed by atoms with Gasteiger partial charge in [0.05, 0.1) is 5.25 Å². The Hall–Kier alpha value is -1.63. The van der Waals surface area contributed by atoms with Crippen LogP contribution in [0.5, 0.6) is 0 Å². The largest absolute Gasteiger partial charge is 0.334 e. The fraction of sp³-hybridized carbons (Fsp3) is 0.538. The van der Waals surface area contributed by atoms with E-state index in [0.717, 1.165) is 5.56 Å². The van der Waals surface area contributed by atoms with Crippen LogP contribution >= 0.6 is 0 Å². The number of carbonyl (C=O) groups is 1. The summed E-state index contributed by atoms with van der Waals surface area (Å²) in [7, 11) is -1.59. The summed E-state index contributed by atoms with van der Waals surface area (Å²) in [5.74, 6) is 0. The van der Waals surface area contributed by atoms with Crippen LogP contribution in [0.4, 0.5) is 4.79 Å². The second-order valence-electron chi connectivity index (χ2n) is 4.91. The zero-order valence-corrected chi connectivity index (χ0v) is 13.0. The topological polar surface area (TPSA) is 79.4 Å². The molecule has 2 atom stereocenters. The third kappa shape index (κ3) is 4.48. The fourth-order valence-electron chi connectivity index (χ4n) is 1.66. The van der Waals surface area contributed by atoms with Crippen LogP contribution in [0.15, 0.2) is 24.5 Å².